The van der Waals surface area contributed by atoms with Crippen molar-refractivity contribution < 1.29 is 27.2 Å². The third-order valence-electron chi connectivity index (χ3n) is 3.32. The van der Waals surface area contributed by atoms with Gasteiger partial charge in [-0.25, -0.2) is 0 Å². The van der Waals surface area contributed by atoms with Gasteiger partial charge >= 0.3 is 11.4 Å². The van der Waals surface area contributed by atoms with E-state index >= 15 is 0 Å². The van der Waals surface area contributed by atoms with Gasteiger partial charge in [-0.1, -0.05) is 0 Å². The number of hydrogen-bond donors (Lipinski definition) is 1. The van der Waals surface area contributed by atoms with Crippen LogP contribution in [0.5, 0.6) is 0 Å². The van der Waals surface area contributed by atoms with Gasteiger partial charge in [0.2, 0.25) is 0 Å². The number of hydrogen-bond acceptors (Lipinski definition) is 6. The molecule has 0 aromatic carbocycles. The summed E-state index contributed by atoms with van der Waals surface area (Å²) < 4.78 is 40.5. The average Bonchev–Trinajstić information content (AvgIpc) is 2.93. The Morgan fingerprint density at radius 2 is 2.43 bits per heavy atom. The summed E-state index contributed by atoms with van der Waals surface area (Å²) in [5, 5.41) is 2.57. The average molecular weight is 338 g/mol. The van der Waals surface area contributed by atoms with Crippen LogP contribution in [-0.4, -0.2) is 59.3 Å². The van der Waals surface area contributed by atoms with Gasteiger partial charge in [-0.2, -0.15) is 4.21 Å². The van der Waals surface area contributed by atoms with Crippen molar-refractivity contribution in [2.75, 3.05) is 33.0 Å². The highest BCUT2D eigenvalue weighted by molar-refractivity contribution is 8.03. The van der Waals surface area contributed by atoms with Gasteiger partial charge in [0.25, 0.3) is 0 Å². The molecule has 1 N–H and O–H groups in total. The van der Waals surface area contributed by atoms with E-state index in [1.165, 1.54) is 5.57 Å². The summed E-state index contributed by atoms with van der Waals surface area (Å²) >= 11 is -0.433. The van der Waals surface area contributed by atoms with E-state index in [0.717, 1.165) is 6.42 Å². The largest absolute Gasteiger partial charge is 0.380 e. The molecule has 0 radical (unpaired) electrons. The summed E-state index contributed by atoms with van der Waals surface area (Å²) in [6.07, 6.45) is 1.38. The zero-order chi connectivity index (χ0) is 15.1. The molecule has 2 aliphatic rings. The fourth-order valence-electron chi connectivity index (χ4n) is 2.20. The van der Waals surface area contributed by atoms with Crippen molar-refractivity contribution in [2.24, 2.45) is 0 Å². The first-order chi connectivity index (χ1) is 10.1. The summed E-state index contributed by atoms with van der Waals surface area (Å²) in [6.45, 7) is 4.93. The lowest BCUT2D eigenvalue weighted by atomic mass is 10.1. The SMILES string of the molecule is CC(CCOCC1CC(C2COCCO2)=CS1)OS(=O)O. The molecule has 0 spiro atoms. The smallest absolute Gasteiger partial charge is 0.302 e. The highest BCUT2D eigenvalue weighted by Gasteiger charge is 2.26. The molecule has 4 atom stereocenters. The third-order valence-corrected chi connectivity index (χ3v) is 4.94. The van der Waals surface area contributed by atoms with Gasteiger partial charge in [0.15, 0.2) is 0 Å². The summed E-state index contributed by atoms with van der Waals surface area (Å²) in [6, 6.07) is 0. The minimum Gasteiger partial charge on any atom is -0.380 e. The van der Waals surface area contributed by atoms with Crippen LogP contribution in [-0.2, 0) is 29.8 Å². The van der Waals surface area contributed by atoms with E-state index in [2.05, 4.69) is 5.41 Å². The Hall–Kier alpha value is 0.0400. The van der Waals surface area contributed by atoms with Crippen molar-refractivity contribution in [3.8, 4) is 0 Å². The molecular weight excluding hydrogens is 316 g/mol. The zero-order valence-electron chi connectivity index (χ0n) is 12.1. The Morgan fingerprint density at radius 1 is 1.57 bits per heavy atom. The van der Waals surface area contributed by atoms with E-state index in [1.54, 1.807) is 18.7 Å². The normalized spacial score (nSPS) is 29.1. The van der Waals surface area contributed by atoms with E-state index < -0.39 is 11.4 Å². The van der Waals surface area contributed by atoms with Gasteiger partial charge in [0.05, 0.1) is 32.5 Å². The molecule has 0 aromatic heterocycles. The van der Waals surface area contributed by atoms with Gasteiger partial charge in [0, 0.05) is 11.9 Å². The summed E-state index contributed by atoms with van der Waals surface area (Å²) in [5.41, 5.74) is 1.29. The number of ether oxygens (including phenoxy) is 3. The monoisotopic (exact) mass is 338 g/mol. The quantitative estimate of drug-likeness (QED) is 0.534. The molecule has 0 aliphatic carbocycles. The standard InChI is InChI=1S/C13H22O6S2/c1-10(19-21(14)15)2-3-16-7-12-6-11(9-20-12)13-8-17-4-5-18-13/h9-10,12-13H,2-8H2,1H3,(H,14,15). The van der Waals surface area contributed by atoms with Gasteiger partial charge < -0.3 is 14.2 Å². The van der Waals surface area contributed by atoms with Crippen LogP contribution in [0.25, 0.3) is 0 Å². The molecular formula is C13H22O6S2. The first kappa shape index (κ1) is 17.4. The van der Waals surface area contributed by atoms with Crippen LogP contribution >= 0.6 is 11.8 Å². The Labute approximate surface area is 132 Å². The molecule has 6 nitrogen and oxygen atoms in total. The van der Waals surface area contributed by atoms with Gasteiger partial charge in [-0.3, -0.25) is 8.74 Å². The van der Waals surface area contributed by atoms with E-state index in [1.807, 2.05) is 0 Å². The molecule has 0 saturated carbocycles. The van der Waals surface area contributed by atoms with Crippen LogP contribution in [0.2, 0.25) is 0 Å². The van der Waals surface area contributed by atoms with E-state index in [-0.39, 0.29) is 12.2 Å². The van der Waals surface area contributed by atoms with Crippen molar-refractivity contribution in [2.45, 2.75) is 37.2 Å². The van der Waals surface area contributed by atoms with E-state index in [0.29, 0.717) is 44.7 Å². The second kappa shape index (κ2) is 9.24. The van der Waals surface area contributed by atoms with E-state index in [4.69, 9.17) is 22.9 Å². The first-order valence-corrected chi connectivity index (χ1v) is 9.02. The van der Waals surface area contributed by atoms with Crippen LogP contribution in [0.3, 0.4) is 0 Å². The fraction of sp³-hybridized carbons (Fsp3) is 0.846. The molecule has 2 rings (SSSR count). The molecule has 4 unspecified atom stereocenters. The summed E-state index contributed by atoms with van der Waals surface area (Å²) in [5.74, 6) is 0. The Bertz CT molecular complexity index is 370. The second-order valence-corrected chi connectivity index (χ2v) is 6.88. The topological polar surface area (TPSA) is 74.2 Å². The van der Waals surface area contributed by atoms with Crippen molar-refractivity contribution >= 4 is 23.1 Å². The lowest BCUT2D eigenvalue weighted by Crippen LogP contribution is -2.30. The van der Waals surface area contributed by atoms with Gasteiger partial charge in [0.1, 0.15) is 6.10 Å². The number of rotatable bonds is 8. The van der Waals surface area contributed by atoms with Crippen molar-refractivity contribution in [1.82, 2.24) is 0 Å². The molecule has 2 aliphatic heterocycles. The lowest BCUT2D eigenvalue weighted by molar-refractivity contribution is -0.0731. The van der Waals surface area contributed by atoms with Crippen LogP contribution in [0.1, 0.15) is 19.8 Å². The molecule has 122 valence electrons. The minimum absolute atomic E-state index is 0.101. The summed E-state index contributed by atoms with van der Waals surface area (Å²) in [7, 11) is 0. The molecule has 8 heteroatoms. The Balaban J connectivity index is 1.56. The van der Waals surface area contributed by atoms with Crippen LogP contribution in [0, 0.1) is 0 Å². The fourth-order valence-corrected chi connectivity index (χ4v) is 3.66. The van der Waals surface area contributed by atoms with Crippen LogP contribution in [0.4, 0.5) is 0 Å². The predicted octanol–water partition coefficient (Wildman–Crippen LogP) is 1.74. The molecule has 2 heterocycles. The maximum absolute atomic E-state index is 10.5. The van der Waals surface area contributed by atoms with Crippen LogP contribution in [0.15, 0.2) is 11.0 Å². The van der Waals surface area contributed by atoms with E-state index in [9.17, 15) is 4.21 Å². The van der Waals surface area contributed by atoms with Gasteiger partial charge in [-0.15, -0.1) is 11.8 Å². The third kappa shape index (κ3) is 6.35. The number of thioether (sulfide) groups is 1. The van der Waals surface area contributed by atoms with Crippen LogP contribution < -0.4 is 0 Å². The van der Waals surface area contributed by atoms with Crippen molar-refractivity contribution in [1.29, 1.82) is 0 Å². The predicted molar refractivity (Wildman–Crippen MR) is 81.4 cm³/mol. The first-order valence-electron chi connectivity index (χ1n) is 7.04. The highest BCUT2D eigenvalue weighted by atomic mass is 32.2. The molecule has 21 heavy (non-hydrogen) atoms. The molecule has 0 amide bonds. The Morgan fingerprint density at radius 3 is 3.14 bits per heavy atom. The maximum atomic E-state index is 10.5. The van der Waals surface area contributed by atoms with Gasteiger partial charge in [-0.05, 0) is 30.7 Å². The van der Waals surface area contributed by atoms with Crippen molar-refractivity contribution in [3.05, 3.63) is 11.0 Å². The van der Waals surface area contributed by atoms with Crippen molar-refractivity contribution in [3.63, 3.8) is 0 Å². The molecule has 0 aromatic rings. The zero-order valence-corrected chi connectivity index (χ0v) is 13.7. The Kier molecular flexibility index (Phi) is 7.65. The maximum Gasteiger partial charge on any atom is 0.302 e. The second-order valence-electron chi connectivity index (χ2n) is 5.08. The molecule has 0 bridgehead atoms. The lowest BCUT2D eigenvalue weighted by Gasteiger charge is -2.24. The minimum atomic E-state index is -2.20. The molecule has 1 saturated heterocycles. The highest BCUT2D eigenvalue weighted by Crippen LogP contribution is 2.33. The summed E-state index contributed by atoms with van der Waals surface area (Å²) in [4.78, 5) is 0. The molecule has 1 fully saturated rings.